The SMILES string of the molecule is O=C(O)c1cn(CCN2CCCc3ccccc32)nn1. The highest BCUT2D eigenvalue weighted by Crippen LogP contribution is 2.26. The Morgan fingerprint density at radius 3 is 2.95 bits per heavy atom. The maximum atomic E-state index is 10.8. The van der Waals surface area contributed by atoms with Gasteiger partial charge in [0.2, 0.25) is 0 Å². The first-order valence-electron chi connectivity index (χ1n) is 6.70. The Balaban J connectivity index is 1.68. The highest BCUT2D eigenvalue weighted by Gasteiger charge is 2.16. The normalized spacial score (nSPS) is 14.1. The second kappa shape index (κ2) is 5.32. The predicted octanol–water partition coefficient (Wildman–Crippen LogP) is 1.43. The Morgan fingerprint density at radius 1 is 1.30 bits per heavy atom. The molecule has 0 atom stereocenters. The summed E-state index contributed by atoms with van der Waals surface area (Å²) in [4.78, 5) is 13.1. The maximum absolute atomic E-state index is 10.8. The lowest BCUT2D eigenvalue weighted by Gasteiger charge is -2.31. The average Bonchev–Trinajstić information content (AvgIpc) is 2.94. The van der Waals surface area contributed by atoms with Crippen LogP contribution in [0, 0.1) is 0 Å². The van der Waals surface area contributed by atoms with Crippen molar-refractivity contribution in [3.63, 3.8) is 0 Å². The zero-order valence-corrected chi connectivity index (χ0v) is 11.1. The number of hydrogen-bond donors (Lipinski definition) is 1. The maximum Gasteiger partial charge on any atom is 0.358 e. The van der Waals surface area contributed by atoms with E-state index in [1.54, 1.807) is 4.68 Å². The predicted molar refractivity (Wildman–Crippen MR) is 74.0 cm³/mol. The summed E-state index contributed by atoms with van der Waals surface area (Å²) in [6.45, 7) is 2.46. The molecule has 0 aliphatic carbocycles. The Hall–Kier alpha value is -2.37. The van der Waals surface area contributed by atoms with E-state index in [0.29, 0.717) is 6.54 Å². The molecule has 6 heteroatoms. The number of benzene rings is 1. The number of aryl methyl sites for hydroxylation is 1. The number of aromatic nitrogens is 3. The third-order valence-electron chi connectivity index (χ3n) is 3.56. The molecule has 0 bridgehead atoms. The molecule has 0 saturated carbocycles. The summed E-state index contributed by atoms with van der Waals surface area (Å²) in [6, 6.07) is 8.42. The van der Waals surface area contributed by atoms with Gasteiger partial charge in [0.15, 0.2) is 5.69 Å². The smallest absolute Gasteiger partial charge is 0.358 e. The first-order chi connectivity index (χ1) is 9.74. The van der Waals surface area contributed by atoms with Crippen LogP contribution in [0.5, 0.6) is 0 Å². The molecule has 1 aromatic carbocycles. The number of anilines is 1. The van der Waals surface area contributed by atoms with Crippen LogP contribution in [0.1, 0.15) is 22.5 Å². The molecule has 0 unspecified atom stereocenters. The lowest BCUT2D eigenvalue weighted by atomic mass is 10.0. The largest absolute Gasteiger partial charge is 0.476 e. The van der Waals surface area contributed by atoms with E-state index in [2.05, 4.69) is 39.5 Å². The number of nitrogens with zero attached hydrogens (tertiary/aromatic N) is 4. The van der Waals surface area contributed by atoms with Crippen molar-refractivity contribution in [1.29, 1.82) is 0 Å². The van der Waals surface area contributed by atoms with Crippen molar-refractivity contribution < 1.29 is 9.90 Å². The molecule has 0 spiro atoms. The van der Waals surface area contributed by atoms with E-state index in [9.17, 15) is 4.79 Å². The Labute approximate surface area is 116 Å². The van der Waals surface area contributed by atoms with Crippen molar-refractivity contribution in [2.24, 2.45) is 0 Å². The minimum absolute atomic E-state index is 0.0101. The van der Waals surface area contributed by atoms with Crippen LogP contribution in [0.2, 0.25) is 0 Å². The molecule has 3 rings (SSSR count). The van der Waals surface area contributed by atoms with Crippen LogP contribution in [-0.2, 0) is 13.0 Å². The number of fused-ring (bicyclic) bond motifs is 1. The van der Waals surface area contributed by atoms with E-state index in [-0.39, 0.29) is 5.69 Å². The molecule has 1 aliphatic rings. The van der Waals surface area contributed by atoms with Gasteiger partial charge in [-0.25, -0.2) is 9.48 Å². The molecular formula is C14H16N4O2. The third-order valence-corrected chi connectivity index (χ3v) is 3.56. The summed E-state index contributed by atoms with van der Waals surface area (Å²) >= 11 is 0. The lowest BCUT2D eigenvalue weighted by molar-refractivity contribution is 0.0690. The number of carboxylic acid groups (broad SMARTS) is 1. The van der Waals surface area contributed by atoms with Crippen molar-refractivity contribution >= 4 is 11.7 Å². The molecule has 1 N–H and O–H groups in total. The van der Waals surface area contributed by atoms with E-state index >= 15 is 0 Å². The monoisotopic (exact) mass is 272 g/mol. The van der Waals surface area contributed by atoms with Gasteiger partial charge in [0.05, 0.1) is 12.7 Å². The molecule has 2 aromatic rings. The van der Waals surface area contributed by atoms with Gasteiger partial charge in [-0.3, -0.25) is 0 Å². The molecule has 1 aromatic heterocycles. The summed E-state index contributed by atoms with van der Waals surface area (Å²) in [7, 11) is 0. The van der Waals surface area contributed by atoms with Crippen LogP contribution in [0.15, 0.2) is 30.5 Å². The minimum Gasteiger partial charge on any atom is -0.476 e. The lowest BCUT2D eigenvalue weighted by Crippen LogP contribution is -2.32. The highest BCUT2D eigenvalue weighted by atomic mass is 16.4. The van der Waals surface area contributed by atoms with Gasteiger partial charge < -0.3 is 10.0 Å². The molecule has 20 heavy (non-hydrogen) atoms. The van der Waals surface area contributed by atoms with E-state index in [1.165, 1.54) is 17.4 Å². The molecule has 1 aliphatic heterocycles. The zero-order valence-electron chi connectivity index (χ0n) is 11.1. The van der Waals surface area contributed by atoms with Gasteiger partial charge in [-0.2, -0.15) is 0 Å². The van der Waals surface area contributed by atoms with Gasteiger partial charge >= 0.3 is 5.97 Å². The number of carboxylic acids is 1. The summed E-state index contributed by atoms with van der Waals surface area (Å²) in [5.41, 5.74) is 2.64. The van der Waals surface area contributed by atoms with Crippen LogP contribution < -0.4 is 4.90 Å². The Morgan fingerprint density at radius 2 is 2.15 bits per heavy atom. The fraction of sp³-hybridized carbons (Fsp3) is 0.357. The zero-order chi connectivity index (χ0) is 13.9. The molecule has 0 saturated heterocycles. The molecule has 0 amide bonds. The first kappa shape index (κ1) is 12.7. The van der Waals surface area contributed by atoms with Crippen LogP contribution in [0.4, 0.5) is 5.69 Å². The van der Waals surface area contributed by atoms with Crippen molar-refractivity contribution in [1.82, 2.24) is 15.0 Å². The number of para-hydroxylation sites is 1. The minimum atomic E-state index is -1.04. The van der Waals surface area contributed by atoms with Crippen LogP contribution in [0.3, 0.4) is 0 Å². The number of aromatic carboxylic acids is 1. The second-order valence-electron chi connectivity index (χ2n) is 4.89. The average molecular weight is 272 g/mol. The summed E-state index contributed by atoms with van der Waals surface area (Å²) in [5.74, 6) is -1.04. The number of rotatable bonds is 4. The molecule has 0 radical (unpaired) electrons. The van der Waals surface area contributed by atoms with Gasteiger partial charge in [-0.05, 0) is 24.5 Å². The molecule has 6 nitrogen and oxygen atoms in total. The molecule has 104 valence electrons. The number of carbonyl (C=O) groups is 1. The Kier molecular flexibility index (Phi) is 3.37. The van der Waals surface area contributed by atoms with E-state index < -0.39 is 5.97 Å². The molecule has 0 fully saturated rings. The van der Waals surface area contributed by atoms with Gasteiger partial charge in [0.25, 0.3) is 0 Å². The summed E-state index contributed by atoms with van der Waals surface area (Å²) in [6.07, 6.45) is 3.74. The van der Waals surface area contributed by atoms with E-state index in [0.717, 1.165) is 25.9 Å². The van der Waals surface area contributed by atoms with Crippen molar-refractivity contribution in [2.45, 2.75) is 19.4 Å². The van der Waals surface area contributed by atoms with E-state index in [4.69, 9.17) is 5.11 Å². The fourth-order valence-electron chi connectivity index (χ4n) is 2.57. The van der Waals surface area contributed by atoms with Crippen LogP contribution in [0.25, 0.3) is 0 Å². The van der Waals surface area contributed by atoms with Crippen molar-refractivity contribution in [3.8, 4) is 0 Å². The van der Waals surface area contributed by atoms with Crippen LogP contribution >= 0.6 is 0 Å². The van der Waals surface area contributed by atoms with Crippen molar-refractivity contribution in [2.75, 3.05) is 18.0 Å². The van der Waals surface area contributed by atoms with Gasteiger partial charge in [-0.1, -0.05) is 23.4 Å². The fourth-order valence-corrected chi connectivity index (χ4v) is 2.57. The number of hydrogen-bond acceptors (Lipinski definition) is 4. The van der Waals surface area contributed by atoms with Gasteiger partial charge in [-0.15, -0.1) is 5.10 Å². The second-order valence-corrected chi connectivity index (χ2v) is 4.89. The molecule has 2 heterocycles. The standard InChI is InChI=1S/C14H16N4O2/c19-14(20)12-10-18(16-15-12)9-8-17-7-3-5-11-4-1-2-6-13(11)17/h1-2,4,6,10H,3,5,7-9H2,(H,19,20). The van der Waals surface area contributed by atoms with Crippen LogP contribution in [-0.4, -0.2) is 39.2 Å². The summed E-state index contributed by atoms with van der Waals surface area (Å²) in [5, 5.41) is 16.3. The van der Waals surface area contributed by atoms with Gasteiger partial charge in [0, 0.05) is 18.8 Å². The van der Waals surface area contributed by atoms with E-state index in [1.807, 2.05) is 0 Å². The third kappa shape index (κ3) is 2.49. The van der Waals surface area contributed by atoms with Gasteiger partial charge in [0.1, 0.15) is 0 Å². The molecular weight excluding hydrogens is 256 g/mol. The highest BCUT2D eigenvalue weighted by molar-refractivity contribution is 5.84. The summed E-state index contributed by atoms with van der Waals surface area (Å²) < 4.78 is 1.58. The topological polar surface area (TPSA) is 71.2 Å². The first-order valence-corrected chi connectivity index (χ1v) is 6.70. The van der Waals surface area contributed by atoms with Crippen molar-refractivity contribution in [3.05, 3.63) is 41.7 Å². The Bertz CT molecular complexity index is 623. The quantitative estimate of drug-likeness (QED) is 0.911.